The van der Waals surface area contributed by atoms with E-state index in [1.807, 2.05) is 26.0 Å². The Morgan fingerprint density at radius 2 is 1.90 bits per heavy atom. The number of benzene rings is 2. The van der Waals surface area contributed by atoms with Crippen LogP contribution in [0.2, 0.25) is 0 Å². The zero-order valence-corrected chi connectivity index (χ0v) is 19.7. The highest BCUT2D eigenvalue weighted by atomic mass is 32.2. The molecule has 0 saturated heterocycles. The number of hydrogen-bond donors (Lipinski definition) is 1. The number of nitrogens with zero attached hydrogens (tertiary/aromatic N) is 2. The number of hydrogen-bond acceptors (Lipinski definition) is 6. The number of aromatic nitrogens is 1. The van der Waals surface area contributed by atoms with Gasteiger partial charge in [0, 0.05) is 30.7 Å². The molecule has 0 aliphatic carbocycles. The molecule has 3 rings (SSSR count). The number of nitrogens with one attached hydrogen (secondary N) is 1. The Balaban J connectivity index is 1.88. The maximum Gasteiger partial charge on any atom is 0.275 e. The Kier molecular flexibility index (Phi) is 6.78. The van der Waals surface area contributed by atoms with E-state index >= 15 is 0 Å². The van der Waals surface area contributed by atoms with Gasteiger partial charge in [-0.15, -0.1) is 11.3 Å². The molecule has 0 atom stereocenters. The van der Waals surface area contributed by atoms with Gasteiger partial charge in [0.2, 0.25) is 10.0 Å². The minimum Gasteiger partial charge on any atom is -0.492 e. The molecule has 9 heteroatoms. The van der Waals surface area contributed by atoms with Gasteiger partial charge in [-0.25, -0.2) is 17.7 Å². The van der Waals surface area contributed by atoms with Gasteiger partial charge in [-0.2, -0.15) is 0 Å². The van der Waals surface area contributed by atoms with Crippen molar-refractivity contribution in [3.63, 3.8) is 0 Å². The maximum absolute atomic E-state index is 12.7. The van der Waals surface area contributed by atoms with E-state index in [-0.39, 0.29) is 16.3 Å². The van der Waals surface area contributed by atoms with E-state index in [4.69, 9.17) is 4.74 Å². The number of ether oxygens (including phenoxy) is 1. The average Bonchev–Trinajstić information content (AvgIpc) is 3.19. The summed E-state index contributed by atoms with van der Waals surface area (Å²) in [7, 11) is -0.860. The number of sulfonamides is 1. The summed E-state index contributed by atoms with van der Waals surface area (Å²) in [6, 6.07) is 10.6. The van der Waals surface area contributed by atoms with Crippen LogP contribution in [0.25, 0.3) is 10.6 Å². The number of aryl methyl sites for hydroxylation is 2. The van der Waals surface area contributed by atoms with Crippen LogP contribution in [-0.4, -0.2) is 44.3 Å². The van der Waals surface area contributed by atoms with E-state index in [0.29, 0.717) is 12.3 Å². The minimum atomic E-state index is -3.75. The van der Waals surface area contributed by atoms with E-state index in [1.54, 1.807) is 18.4 Å². The van der Waals surface area contributed by atoms with E-state index < -0.39 is 15.9 Å². The van der Waals surface area contributed by atoms with Gasteiger partial charge in [-0.1, -0.05) is 23.8 Å². The van der Waals surface area contributed by atoms with Gasteiger partial charge in [0.15, 0.2) is 0 Å². The Labute approximate surface area is 186 Å². The summed E-state index contributed by atoms with van der Waals surface area (Å²) in [5.74, 6) is -0.176. The number of carbonyl (C=O) groups is 1. The maximum atomic E-state index is 12.7. The molecule has 0 aliphatic rings. The normalized spacial score (nSPS) is 11.5. The van der Waals surface area contributed by atoms with Gasteiger partial charge in [0.1, 0.15) is 21.3 Å². The zero-order chi connectivity index (χ0) is 22.8. The van der Waals surface area contributed by atoms with Crippen LogP contribution in [0.15, 0.2) is 46.7 Å². The van der Waals surface area contributed by atoms with Crippen molar-refractivity contribution < 1.29 is 17.9 Å². The van der Waals surface area contributed by atoms with Gasteiger partial charge in [0.25, 0.3) is 5.91 Å². The molecule has 0 spiro atoms. The van der Waals surface area contributed by atoms with Crippen LogP contribution >= 0.6 is 11.3 Å². The molecule has 1 amide bonds. The third-order valence-corrected chi connectivity index (χ3v) is 7.32. The first-order valence-corrected chi connectivity index (χ1v) is 12.0. The molecular formula is C22H25N3O4S2. The van der Waals surface area contributed by atoms with Gasteiger partial charge in [0.05, 0.1) is 6.61 Å². The van der Waals surface area contributed by atoms with Crippen LogP contribution in [0, 0.1) is 13.8 Å². The summed E-state index contributed by atoms with van der Waals surface area (Å²) in [6.07, 6.45) is 0. The van der Waals surface area contributed by atoms with Crippen LogP contribution in [0.4, 0.5) is 5.69 Å². The second kappa shape index (κ2) is 9.17. The molecule has 164 valence electrons. The molecular weight excluding hydrogens is 434 g/mol. The number of thiazole rings is 1. The second-order valence-electron chi connectivity index (χ2n) is 7.19. The van der Waals surface area contributed by atoms with E-state index in [1.165, 1.54) is 37.6 Å². The van der Waals surface area contributed by atoms with Crippen LogP contribution in [-0.2, 0) is 10.0 Å². The third-order valence-electron chi connectivity index (χ3n) is 4.61. The fourth-order valence-corrected chi connectivity index (χ4v) is 4.95. The van der Waals surface area contributed by atoms with Crippen LogP contribution < -0.4 is 10.1 Å². The van der Waals surface area contributed by atoms with Crippen LogP contribution in [0.3, 0.4) is 0 Å². The first kappa shape index (κ1) is 22.9. The van der Waals surface area contributed by atoms with Crippen molar-refractivity contribution in [3.8, 4) is 16.3 Å². The molecule has 1 aromatic heterocycles. The second-order valence-corrected chi connectivity index (χ2v) is 10.2. The summed E-state index contributed by atoms with van der Waals surface area (Å²) in [5, 5.41) is 5.18. The van der Waals surface area contributed by atoms with Crippen molar-refractivity contribution >= 4 is 33.0 Å². The van der Waals surface area contributed by atoms with Crippen molar-refractivity contribution in [1.29, 1.82) is 0 Å². The first-order valence-electron chi connectivity index (χ1n) is 9.67. The molecule has 31 heavy (non-hydrogen) atoms. The largest absolute Gasteiger partial charge is 0.492 e. The fourth-order valence-electron chi connectivity index (χ4n) is 3.01. The lowest BCUT2D eigenvalue weighted by molar-refractivity contribution is 0.102. The van der Waals surface area contributed by atoms with Gasteiger partial charge >= 0.3 is 0 Å². The van der Waals surface area contributed by atoms with Crippen molar-refractivity contribution in [1.82, 2.24) is 9.29 Å². The average molecular weight is 460 g/mol. The van der Waals surface area contributed by atoms with Gasteiger partial charge in [-0.3, -0.25) is 4.79 Å². The zero-order valence-electron chi connectivity index (χ0n) is 18.1. The smallest absolute Gasteiger partial charge is 0.275 e. The van der Waals surface area contributed by atoms with E-state index in [9.17, 15) is 13.2 Å². The molecule has 0 radical (unpaired) electrons. The monoisotopic (exact) mass is 459 g/mol. The lowest BCUT2D eigenvalue weighted by Gasteiger charge is -2.16. The fraction of sp³-hybridized carbons (Fsp3) is 0.273. The molecule has 0 bridgehead atoms. The summed E-state index contributed by atoms with van der Waals surface area (Å²) in [5.41, 5.74) is 3.84. The summed E-state index contributed by atoms with van der Waals surface area (Å²) in [6.45, 7) is 6.13. The predicted octanol–water partition coefficient (Wildman–Crippen LogP) is 4.33. The first-order chi connectivity index (χ1) is 14.6. The highest BCUT2D eigenvalue weighted by Gasteiger charge is 2.23. The molecule has 0 fully saturated rings. The molecule has 3 aromatic rings. The molecule has 2 aromatic carbocycles. The molecule has 1 N–H and O–H groups in total. The summed E-state index contributed by atoms with van der Waals surface area (Å²) >= 11 is 1.39. The molecule has 0 aliphatic heterocycles. The number of amides is 1. The van der Waals surface area contributed by atoms with E-state index in [0.717, 1.165) is 26.0 Å². The number of anilines is 1. The van der Waals surface area contributed by atoms with Crippen molar-refractivity contribution in [3.05, 3.63) is 58.6 Å². The predicted molar refractivity (Wildman–Crippen MR) is 123 cm³/mol. The Morgan fingerprint density at radius 3 is 2.55 bits per heavy atom. The Hall–Kier alpha value is -2.75. The molecule has 0 saturated carbocycles. The van der Waals surface area contributed by atoms with Gasteiger partial charge in [-0.05, 0) is 44.5 Å². The Bertz CT molecular complexity index is 1220. The van der Waals surface area contributed by atoms with Crippen molar-refractivity contribution in [2.75, 3.05) is 26.0 Å². The highest BCUT2D eigenvalue weighted by molar-refractivity contribution is 7.89. The Morgan fingerprint density at radius 1 is 1.16 bits per heavy atom. The standard InChI is InChI=1S/C22H25N3O4S2/c1-6-29-19-10-8-16(12-20(19)31(27,28)25(4)5)23-21(26)18-13-30-22(24-18)17-9-7-14(2)11-15(17)3/h7-13H,6H2,1-5H3,(H,23,26). The van der Waals surface area contributed by atoms with E-state index in [2.05, 4.69) is 16.4 Å². The third kappa shape index (κ3) is 4.95. The van der Waals surface area contributed by atoms with Crippen LogP contribution in [0.5, 0.6) is 5.75 Å². The number of rotatable bonds is 7. The number of carbonyl (C=O) groups excluding carboxylic acids is 1. The lowest BCUT2D eigenvalue weighted by Crippen LogP contribution is -2.23. The quantitative estimate of drug-likeness (QED) is 0.568. The summed E-state index contributed by atoms with van der Waals surface area (Å²) < 4.78 is 31.9. The van der Waals surface area contributed by atoms with Gasteiger partial charge < -0.3 is 10.1 Å². The van der Waals surface area contributed by atoms with Crippen molar-refractivity contribution in [2.45, 2.75) is 25.7 Å². The lowest BCUT2D eigenvalue weighted by atomic mass is 10.1. The molecule has 7 nitrogen and oxygen atoms in total. The van der Waals surface area contributed by atoms with Crippen LogP contribution in [0.1, 0.15) is 28.5 Å². The minimum absolute atomic E-state index is 0.00797. The van der Waals surface area contributed by atoms with Crippen molar-refractivity contribution in [2.24, 2.45) is 0 Å². The molecule has 1 heterocycles. The highest BCUT2D eigenvalue weighted by Crippen LogP contribution is 2.30. The molecule has 0 unspecified atom stereocenters. The topological polar surface area (TPSA) is 88.6 Å². The summed E-state index contributed by atoms with van der Waals surface area (Å²) in [4.78, 5) is 17.2. The SMILES string of the molecule is CCOc1ccc(NC(=O)c2csc(-c3ccc(C)cc3C)n2)cc1S(=O)(=O)N(C)C.